The van der Waals surface area contributed by atoms with Crippen LogP contribution >= 0.6 is 0 Å². The summed E-state index contributed by atoms with van der Waals surface area (Å²) in [6.45, 7) is 2.39. The smallest absolute Gasteiger partial charge is 0.145 e. The van der Waals surface area contributed by atoms with Crippen molar-refractivity contribution in [2.24, 2.45) is 5.73 Å². The molecule has 0 aliphatic carbocycles. The van der Waals surface area contributed by atoms with Crippen molar-refractivity contribution in [3.63, 3.8) is 0 Å². The second-order valence-corrected chi connectivity index (χ2v) is 3.20. The summed E-state index contributed by atoms with van der Waals surface area (Å²) in [5.41, 5.74) is 6.34. The van der Waals surface area contributed by atoms with Crippen molar-refractivity contribution in [3.05, 3.63) is 23.8 Å². The summed E-state index contributed by atoms with van der Waals surface area (Å²) >= 11 is 0. The zero-order chi connectivity index (χ0) is 9.42. The summed E-state index contributed by atoms with van der Waals surface area (Å²) in [6.07, 6.45) is 1.19. The van der Waals surface area contributed by atoms with E-state index in [1.807, 2.05) is 6.92 Å². The molecule has 3 nitrogen and oxygen atoms in total. The van der Waals surface area contributed by atoms with Crippen LogP contribution < -0.4 is 10.5 Å². The number of aromatic nitrogens is 1. The second-order valence-electron chi connectivity index (χ2n) is 3.20. The van der Waals surface area contributed by atoms with Gasteiger partial charge in [0, 0.05) is 12.6 Å². The third kappa shape index (κ3) is 1.27. The summed E-state index contributed by atoms with van der Waals surface area (Å²) in [7, 11) is 0. The number of hydrogen-bond acceptors (Lipinski definition) is 3. The fourth-order valence-electron chi connectivity index (χ4n) is 1.61. The first kappa shape index (κ1) is 8.44. The van der Waals surface area contributed by atoms with Gasteiger partial charge in [0.25, 0.3) is 0 Å². The Morgan fingerprint density at radius 1 is 1.69 bits per heavy atom. The first-order valence-electron chi connectivity index (χ1n) is 4.24. The number of nitrogens with two attached hydrogens (primary N) is 1. The lowest BCUT2D eigenvalue weighted by Gasteiger charge is -2.10. The van der Waals surface area contributed by atoms with Crippen LogP contribution in [0.25, 0.3) is 0 Å². The molecule has 0 saturated heterocycles. The number of nitrogens with zero attached hydrogens (tertiary/aromatic N) is 1. The number of pyridine rings is 1. The van der Waals surface area contributed by atoms with E-state index in [-0.39, 0.29) is 17.8 Å². The summed E-state index contributed by atoms with van der Waals surface area (Å²) in [6, 6.07) is 1.36. The van der Waals surface area contributed by atoms with E-state index >= 15 is 0 Å². The Labute approximate surface area is 75.7 Å². The molecular formula is C9H11FN2O. The Morgan fingerprint density at radius 2 is 2.46 bits per heavy atom. The van der Waals surface area contributed by atoms with E-state index in [9.17, 15) is 4.39 Å². The highest BCUT2D eigenvalue weighted by molar-refractivity contribution is 5.35. The molecule has 70 valence electrons. The van der Waals surface area contributed by atoms with Crippen LogP contribution in [-0.4, -0.2) is 17.6 Å². The Bertz CT molecular complexity index is 329. The standard InChI is InChI=1S/C9H11FN2O/c1-5-7(3-11)9-8(13-5)2-6(10)4-12-9/h2,4-5,7H,3,11H2,1H3/t5-,7-/m1/s1. The van der Waals surface area contributed by atoms with Crippen molar-refractivity contribution in [3.8, 4) is 5.75 Å². The van der Waals surface area contributed by atoms with Gasteiger partial charge in [0.1, 0.15) is 17.7 Å². The molecule has 2 N–H and O–H groups in total. The highest BCUT2D eigenvalue weighted by Gasteiger charge is 2.31. The van der Waals surface area contributed by atoms with Crippen LogP contribution in [0.5, 0.6) is 5.75 Å². The molecule has 0 fully saturated rings. The fourth-order valence-corrected chi connectivity index (χ4v) is 1.61. The summed E-state index contributed by atoms with van der Waals surface area (Å²) in [4.78, 5) is 3.98. The largest absolute Gasteiger partial charge is 0.488 e. The summed E-state index contributed by atoms with van der Waals surface area (Å²) in [5.74, 6) is 0.252. The number of fused-ring (bicyclic) bond motifs is 1. The van der Waals surface area contributed by atoms with E-state index in [0.29, 0.717) is 12.3 Å². The van der Waals surface area contributed by atoms with Gasteiger partial charge in [-0.3, -0.25) is 4.98 Å². The fraction of sp³-hybridized carbons (Fsp3) is 0.444. The minimum atomic E-state index is -0.372. The molecule has 2 atom stereocenters. The van der Waals surface area contributed by atoms with Gasteiger partial charge in [0.15, 0.2) is 0 Å². The van der Waals surface area contributed by atoms with Crippen molar-refractivity contribution in [1.82, 2.24) is 4.98 Å². The molecule has 0 aromatic carbocycles. The number of hydrogen-bond donors (Lipinski definition) is 1. The monoisotopic (exact) mass is 182 g/mol. The van der Waals surface area contributed by atoms with E-state index in [2.05, 4.69) is 4.98 Å². The Morgan fingerprint density at radius 3 is 3.15 bits per heavy atom. The molecule has 0 unspecified atom stereocenters. The van der Waals surface area contributed by atoms with Gasteiger partial charge < -0.3 is 10.5 Å². The van der Waals surface area contributed by atoms with E-state index in [4.69, 9.17) is 10.5 Å². The van der Waals surface area contributed by atoms with Crippen molar-refractivity contribution in [1.29, 1.82) is 0 Å². The van der Waals surface area contributed by atoms with Gasteiger partial charge in [-0.1, -0.05) is 0 Å². The number of halogens is 1. The van der Waals surface area contributed by atoms with Crippen molar-refractivity contribution < 1.29 is 9.13 Å². The topological polar surface area (TPSA) is 48.1 Å². The molecule has 1 aliphatic heterocycles. The molecule has 0 spiro atoms. The van der Waals surface area contributed by atoms with E-state index in [1.54, 1.807) is 0 Å². The van der Waals surface area contributed by atoms with Crippen molar-refractivity contribution in [2.75, 3.05) is 6.54 Å². The molecule has 13 heavy (non-hydrogen) atoms. The zero-order valence-electron chi connectivity index (χ0n) is 7.33. The maximum absolute atomic E-state index is 12.7. The maximum Gasteiger partial charge on any atom is 0.145 e. The van der Waals surface area contributed by atoms with Crippen LogP contribution in [0, 0.1) is 5.82 Å². The molecule has 1 aromatic heterocycles. The van der Waals surface area contributed by atoms with Crippen molar-refractivity contribution >= 4 is 0 Å². The Balaban J connectivity index is 2.42. The van der Waals surface area contributed by atoms with Gasteiger partial charge in [0.2, 0.25) is 0 Å². The molecule has 2 rings (SSSR count). The molecule has 2 heterocycles. The van der Waals surface area contributed by atoms with Crippen molar-refractivity contribution in [2.45, 2.75) is 18.9 Å². The first-order valence-corrected chi connectivity index (χ1v) is 4.24. The average molecular weight is 182 g/mol. The lowest BCUT2D eigenvalue weighted by molar-refractivity contribution is 0.227. The highest BCUT2D eigenvalue weighted by Crippen LogP contribution is 2.35. The third-order valence-corrected chi connectivity index (χ3v) is 2.33. The first-order chi connectivity index (χ1) is 6.22. The van der Waals surface area contributed by atoms with Gasteiger partial charge in [-0.2, -0.15) is 0 Å². The van der Waals surface area contributed by atoms with Gasteiger partial charge >= 0.3 is 0 Å². The highest BCUT2D eigenvalue weighted by atomic mass is 19.1. The molecule has 0 amide bonds. The number of rotatable bonds is 1. The second kappa shape index (κ2) is 2.96. The average Bonchev–Trinajstić information content (AvgIpc) is 2.39. The summed E-state index contributed by atoms with van der Waals surface area (Å²) in [5, 5.41) is 0. The molecule has 1 aromatic rings. The van der Waals surface area contributed by atoms with Crippen LogP contribution in [0.2, 0.25) is 0 Å². The third-order valence-electron chi connectivity index (χ3n) is 2.33. The van der Waals surface area contributed by atoms with Crippen LogP contribution in [0.1, 0.15) is 18.5 Å². The lowest BCUT2D eigenvalue weighted by atomic mass is 10.0. The minimum Gasteiger partial charge on any atom is -0.488 e. The van der Waals surface area contributed by atoms with E-state index in [0.717, 1.165) is 5.69 Å². The van der Waals surface area contributed by atoms with Crippen LogP contribution in [0.4, 0.5) is 4.39 Å². The van der Waals surface area contributed by atoms with Gasteiger partial charge in [-0.15, -0.1) is 0 Å². The molecule has 0 bridgehead atoms. The Kier molecular flexibility index (Phi) is 1.92. The van der Waals surface area contributed by atoms with Gasteiger partial charge in [-0.05, 0) is 6.92 Å². The number of ether oxygens (including phenoxy) is 1. The zero-order valence-corrected chi connectivity index (χ0v) is 7.33. The Hall–Kier alpha value is -1.16. The normalized spacial score (nSPS) is 25.5. The summed E-state index contributed by atoms with van der Waals surface area (Å²) < 4.78 is 18.2. The molecular weight excluding hydrogens is 171 g/mol. The lowest BCUT2D eigenvalue weighted by Crippen LogP contribution is -2.22. The van der Waals surface area contributed by atoms with Crippen LogP contribution in [0.15, 0.2) is 12.3 Å². The molecule has 0 radical (unpaired) electrons. The predicted molar refractivity (Wildman–Crippen MR) is 46.1 cm³/mol. The molecule has 1 aliphatic rings. The van der Waals surface area contributed by atoms with Gasteiger partial charge in [0.05, 0.1) is 17.8 Å². The van der Waals surface area contributed by atoms with Crippen LogP contribution in [0.3, 0.4) is 0 Å². The molecule has 4 heteroatoms. The van der Waals surface area contributed by atoms with Gasteiger partial charge in [-0.25, -0.2) is 4.39 Å². The SMILES string of the molecule is C[C@H]1Oc2cc(F)cnc2[C@@H]1CN. The molecule has 0 saturated carbocycles. The maximum atomic E-state index is 12.7. The van der Waals surface area contributed by atoms with Crippen LogP contribution in [-0.2, 0) is 0 Å². The minimum absolute atomic E-state index is 0.00528. The van der Waals surface area contributed by atoms with E-state index in [1.165, 1.54) is 12.3 Å². The van der Waals surface area contributed by atoms with E-state index < -0.39 is 0 Å². The predicted octanol–water partition coefficient (Wildman–Crippen LogP) is 1.04. The quantitative estimate of drug-likeness (QED) is 0.706.